The highest BCUT2D eigenvalue weighted by atomic mass is 16.6. The van der Waals surface area contributed by atoms with Gasteiger partial charge in [-0.2, -0.15) is 0 Å². The van der Waals surface area contributed by atoms with Crippen LogP contribution in [0, 0.1) is 0 Å². The van der Waals surface area contributed by atoms with E-state index in [1.54, 1.807) is 13.0 Å². The number of carbonyl (C=O) groups excluding carboxylic acids is 1. The molecule has 0 amide bonds. The summed E-state index contributed by atoms with van der Waals surface area (Å²) in [5, 5.41) is 0. The Labute approximate surface area is 149 Å². The highest BCUT2D eigenvalue weighted by molar-refractivity contribution is 5.72. The fourth-order valence-electron chi connectivity index (χ4n) is 2.93. The Balaban J connectivity index is 2.11. The monoisotopic (exact) mass is 348 g/mol. The van der Waals surface area contributed by atoms with Crippen molar-refractivity contribution in [1.29, 1.82) is 0 Å². The van der Waals surface area contributed by atoms with E-state index >= 15 is 0 Å². The molecule has 1 aliphatic rings. The van der Waals surface area contributed by atoms with E-state index in [0.717, 1.165) is 43.9 Å². The van der Waals surface area contributed by atoms with E-state index in [2.05, 4.69) is 11.5 Å². The number of hydrogen-bond acceptors (Lipinski definition) is 6. The van der Waals surface area contributed by atoms with Crippen molar-refractivity contribution in [3.63, 3.8) is 0 Å². The van der Waals surface area contributed by atoms with Crippen LogP contribution in [-0.2, 0) is 14.3 Å². The third-order valence-corrected chi connectivity index (χ3v) is 4.04. The van der Waals surface area contributed by atoms with Crippen LogP contribution in [0.2, 0.25) is 0 Å². The normalized spacial score (nSPS) is 14.8. The van der Waals surface area contributed by atoms with E-state index < -0.39 is 5.97 Å². The first kappa shape index (κ1) is 19.1. The molecule has 0 atom stereocenters. The molecule has 0 unspecified atom stereocenters. The second-order valence-electron chi connectivity index (χ2n) is 6.24. The fourth-order valence-corrected chi connectivity index (χ4v) is 2.93. The van der Waals surface area contributed by atoms with Crippen molar-refractivity contribution in [2.45, 2.75) is 32.7 Å². The van der Waals surface area contributed by atoms with E-state index in [4.69, 9.17) is 19.9 Å². The van der Waals surface area contributed by atoms with Crippen LogP contribution in [0.4, 0.5) is 11.4 Å². The maximum atomic E-state index is 11.4. The van der Waals surface area contributed by atoms with Gasteiger partial charge in [0, 0.05) is 31.9 Å². The third-order valence-electron chi connectivity index (χ3n) is 4.04. The number of esters is 1. The second-order valence-corrected chi connectivity index (χ2v) is 6.24. The first-order valence-electron chi connectivity index (χ1n) is 8.68. The highest BCUT2D eigenvalue weighted by Gasteiger charge is 2.23. The average Bonchev–Trinajstić information content (AvgIpc) is 2.59. The van der Waals surface area contributed by atoms with Gasteiger partial charge in [-0.3, -0.25) is 0 Å². The molecule has 25 heavy (non-hydrogen) atoms. The highest BCUT2D eigenvalue weighted by Crippen LogP contribution is 2.32. The van der Waals surface area contributed by atoms with Crippen LogP contribution in [0.5, 0.6) is 5.75 Å². The molecule has 1 saturated heterocycles. The second kappa shape index (κ2) is 9.32. The van der Waals surface area contributed by atoms with Gasteiger partial charge in [0.05, 0.1) is 18.0 Å². The molecular formula is C19H28N2O4. The Morgan fingerprint density at radius 3 is 2.72 bits per heavy atom. The summed E-state index contributed by atoms with van der Waals surface area (Å²) in [4.78, 5) is 13.7. The predicted octanol–water partition coefficient (Wildman–Crippen LogP) is 2.77. The molecule has 2 N–H and O–H groups in total. The number of hydrogen-bond donors (Lipinski definition) is 1. The molecule has 1 fully saturated rings. The minimum atomic E-state index is -0.392. The molecule has 0 aromatic heterocycles. The molecule has 1 aromatic carbocycles. The molecule has 0 saturated carbocycles. The van der Waals surface area contributed by atoms with Crippen molar-refractivity contribution in [3.05, 3.63) is 30.4 Å². The van der Waals surface area contributed by atoms with Gasteiger partial charge in [-0.05, 0) is 38.8 Å². The van der Waals surface area contributed by atoms with Gasteiger partial charge in [-0.25, -0.2) is 4.79 Å². The van der Waals surface area contributed by atoms with Crippen molar-refractivity contribution in [2.75, 3.05) is 43.6 Å². The van der Waals surface area contributed by atoms with Crippen molar-refractivity contribution in [1.82, 2.24) is 0 Å². The third kappa shape index (κ3) is 5.67. The molecule has 0 aliphatic carbocycles. The molecule has 1 aliphatic heterocycles. The summed E-state index contributed by atoms with van der Waals surface area (Å²) >= 11 is 0. The van der Waals surface area contributed by atoms with E-state index in [-0.39, 0.29) is 6.61 Å². The molecule has 6 nitrogen and oxygen atoms in total. The van der Waals surface area contributed by atoms with Crippen LogP contribution in [0.15, 0.2) is 30.4 Å². The summed E-state index contributed by atoms with van der Waals surface area (Å²) in [6.45, 7) is 10.3. The molecule has 1 aromatic rings. The lowest BCUT2D eigenvalue weighted by molar-refractivity contribution is -0.145. The van der Waals surface area contributed by atoms with Crippen LogP contribution in [-0.4, -0.2) is 45.0 Å². The number of anilines is 2. The minimum absolute atomic E-state index is 0.123. The van der Waals surface area contributed by atoms with Gasteiger partial charge in [-0.1, -0.05) is 12.2 Å². The lowest BCUT2D eigenvalue weighted by Gasteiger charge is -2.37. The summed E-state index contributed by atoms with van der Waals surface area (Å²) < 4.78 is 15.8. The molecule has 2 rings (SSSR count). The minimum Gasteiger partial charge on any atom is -0.482 e. The van der Waals surface area contributed by atoms with E-state index in [1.807, 2.05) is 19.1 Å². The van der Waals surface area contributed by atoms with E-state index in [9.17, 15) is 4.79 Å². The largest absolute Gasteiger partial charge is 0.482 e. The maximum absolute atomic E-state index is 11.4. The Morgan fingerprint density at radius 1 is 1.40 bits per heavy atom. The van der Waals surface area contributed by atoms with Gasteiger partial charge in [0.25, 0.3) is 0 Å². The Bertz CT molecular complexity index is 597. The van der Waals surface area contributed by atoms with Crippen LogP contribution in [0.3, 0.4) is 0 Å². The molecule has 138 valence electrons. The lowest BCUT2D eigenvalue weighted by atomic mass is 10.0. The smallest absolute Gasteiger partial charge is 0.344 e. The zero-order valence-electron chi connectivity index (χ0n) is 15.1. The molecule has 0 spiro atoms. The molecular weight excluding hydrogens is 320 g/mol. The average molecular weight is 348 g/mol. The van der Waals surface area contributed by atoms with Crippen LogP contribution < -0.4 is 15.4 Å². The standard InChI is InChI=1S/C19H28N2O4/c1-4-24-19(22)13-25-16-5-6-18(17(20)11-16)21(12-14(2)3)15-7-9-23-10-8-15/h5-6,11,15H,2,4,7-10,12-13,20H2,1,3H3. The van der Waals surface area contributed by atoms with Crippen LogP contribution in [0.1, 0.15) is 26.7 Å². The van der Waals surface area contributed by atoms with E-state index in [0.29, 0.717) is 24.1 Å². The number of benzene rings is 1. The first-order valence-corrected chi connectivity index (χ1v) is 8.68. The molecule has 0 radical (unpaired) electrons. The number of carbonyl (C=O) groups is 1. The van der Waals surface area contributed by atoms with Gasteiger partial charge < -0.3 is 24.8 Å². The number of nitrogens with zero attached hydrogens (tertiary/aromatic N) is 1. The summed E-state index contributed by atoms with van der Waals surface area (Å²) in [6.07, 6.45) is 1.93. The van der Waals surface area contributed by atoms with Crippen molar-refractivity contribution >= 4 is 17.3 Å². The fraction of sp³-hybridized carbons (Fsp3) is 0.526. The summed E-state index contributed by atoms with van der Waals surface area (Å²) in [5.41, 5.74) is 8.92. The Kier molecular flexibility index (Phi) is 7.13. The van der Waals surface area contributed by atoms with Crippen LogP contribution >= 0.6 is 0 Å². The molecule has 1 heterocycles. The van der Waals surface area contributed by atoms with Crippen LogP contribution in [0.25, 0.3) is 0 Å². The Hall–Kier alpha value is -2.21. The zero-order valence-corrected chi connectivity index (χ0v) is 15.1. The van der Waals surface area contributed by atoms with Gasteiger partial charge in [-0.15, -0.1) is 0 Å². The first-order chi connectivity index (χ1) is 12.0. The van der Waals surface area contributed by atoms with Gasteiger partial charge in [0.1, 0.15) is 5.75 Å². The topological polar surface area (TPSA) is 74.0 Å². The van der Waals surface area contributed by atoms with Crippen molar-refractivity contribution in [2.24, 2.45) is 0 Å². The molecule has 0 bridgehead atoms. The van der Waals surface area contributed by atoms with Gasteiger partial charge >= 0.3 is 5.97 Å². The summed E-state index contributed by atoms with van der Waals surface area (Å²) in [7, 11) is 0. The molecule has 6 heteroatoms. The number of nitrogens with two attached hydrogens (primary N) is 1. The zero-order chi connectivity index (χ0) is 18.2. The summed E-state index contributed by atoms with van der Waals surface area (Å²) in [6, 6.07) is 5.89. The quantitative estimate of drug-likeness (QED) is 0.442. The van der Waals surface area contributed by atoms with Crippen molar-refractivity contribution in [3.8, 4) is 5.75 Å². The summed E-state index contributed by atoms with van der Waals surface area (Å²) in [5.74, 6) is 0.160. The van der Waals surface area contributed by atoms with E-state index in [1.165, 1.54) is 0 Å². The SMILES string of the molecule is C=C(C)CN(c1ccc(OCC(=O)OCC)cc1N)C1CCOCC1. The maximum Gasteiger partial charge on any atom is 0.344 e. The van der Waals surface area contributed by atoms with Gasteiger partial charge in [0.2, 0.25) is 0 Å². The predicted molar refractivity (Wildman–Crippen MR) is 99.0 cm³/mol. The Morgan fingerprint density at radius 2 is 2.12 bits per heavy atom. The number of rotatable bonds is 8. The van der Waals surface area contributed by atoms with Crippen molar-refractivity contribution < 1.29 is 19.0 Å². The lowest BCUT2D eigenvalue weighted by Crippen LogP contribution is -2.40. The van der Waals surface area contributed by atoms with Gasteiger partial charge in [0.15, 0.2) is 6.61 Å². The number of nitrogen functional groups attached to an aromatic ring is 1. The number of ether oxygens (including phenoxy) is 3.